The van der Waals surface area contributed by atoms with Crippen LogP contribution in [0.1, 0.15) is 56.8 Å². The number of hydrogen-bond donors (Lipinski definition) is 1. The van der Waals surface area contributed by atoms with Crippen LogP contribution >= 0.6 is 0 Å². The van der Waals surface area contributed by atoms with Crippen molar-refractivity contribution < 1.29 is 9.59 Å². The highest BCUT2D eigenvalue weighted by Gasteiger charge is 2.34. The minimum atomic E-state index is -0.489. The Morgan fingerprint density at radius 3 is 2.02 bits per heavy atom. The number of benzene rings is 7. The predicted octanol–water partition coefficient (Wildman–Crippen LogP) is 9.48. The van der Waals surface area contributed by atoms with Crippen molar-refractivity contribution in [2.45, 2.75) is 19.3 Å². The van der Waals surface area contributed by atoms with Crippen LogP contribution in [0.15, 0.2) is 145 Å². The van der Waals surface area contributed by atoms with Crippen LogP contribution in [0.2, 0.25) is 0 Å². The minimum Gasteiger partial charge on any atom is -0.361 e. The van der Waals surface area contributed by atoms with E-state index in [1.54, 1.807) is 6.08 Å². The Kier molecular flexibility index (Phi) is 6.79. The molecule has 0 fully saturated rings. The molecule has 0 atom stereocenters. The molecule has 1 aliphatic carbocycles. The summed E-state index contributed by atoms with van der Waals surface area (Å²) in [5.41, 5.74) is 5.84. The molecule has 1 N–H and O–H groups in total. The van der Waals surface area contributed by atoms with Crippen molar-refractivity contribution in [2.75, 3.05) is 5.32 Å². The van der Waals surface area contributed by atoms with E-state index in [-0.39, 0.29) is 17.1 Å². The third kappa shape index (κ3) is 4.74. The molecule has 1 heterocycles. The third-order valence-electron chi connectivity index (χ3n) is 10.4. The normalized spacial score (nSPS) is 16.8. The van der Waals surface area contributed by atoms with Crippen molar-refractivity contribution in [2.24, 2.45) is 0 Å². The fourth-order valence-electron chi connectivity index (χ4n) is 7.82. The highest BCUT2D eigenvalue weighted by atomic mass is 16.2. The second kappa shape index (κ2) is 11.4. The fraction of sp³-hybridized carbons (Fsp3) is 0.0638. The maximum atomic E-state index is 13.7. The Hall–Kier alpha value is -6.32. The highest BCUT2D eigenvalue weighted by Crippen LogP contribution is 2.43. The van der Waals surface area contributed by atoms with Crippen molar-refractivity contribution in [1.82, 2.24) is 0 Å². The van der Waals surface area contributed by atoms with Crippen molar-refractivity contribution in [3.63, 3.8) is 0 Å². The first kappa shape index (κ1) is 29.8. The summed E-state index contributed by atoms with van der Waals surface area (Å²) in [6.45, 7) is 4.52. The van der Waals surface area contributed by atoms with E-state index >= 15 is 0 Å². The molecule has 0 saturated heterocycles. The zero-order valence-electron chi connectivity index (χ0n) is 27.8. The van der Waals surface area contributed by atoms with Gasteiger partial charge in [0.25, 0.3) is 0 Å². The van der Waals surface area contributed by atoms with Crippen LogP contribution in [-0.4, -0.2) is 11.6 Å². The molecule has 2 aliphatic rings. The van der Waals surface area contributed by atoms with Gasteiger partial charge >= 0.3 is 0 Å². The van der Waals surface area contributed by atoms with Crippen molar-refractivity contribution >= 4 is 67.8 Å². The minimum absolute atomic E-state index is 0.200. The zero-order valence-corrected chi connectivity index (χ0v) is 27.8. The van der Waals surface area contributed by atoms with Gasteiger partial charge in [0, 0.05) is 28.4 Å². The summed E-state index contributed by atoms with van der Waals surface area (Å²) in [6.07, 6.45) is 10.2. The number of allylic oxidation sites excluding steroid dienone is 2. The third-order valence-corrected chi connectivity index (χ3v) is 10.4. The molecule has 3 nitrogen and oxygen atoms in total. The van der Waals surface area contributed by atoms with Gasteiger partial charge in [-0.05, 0) is 114 Å². The first-order valence-electron chi connectivity index (χ1n) is 17.0. The van der Waals surface area contributed by atoms with E-state index < -0.39 is 5.41 Å². The summed E-state index contributed by atoms with van der Waals surface area (Å²) in [7, 11) is 0. The summed E-state index contributed by atoms with van der Waals surface area (Å²) in [5.74, 6) is -0.451. The van der Waals surface area contributed by atoms with Gasteiger partial charge in [-0.1, -0.05) is 117 Å². The van der Waals surface area contributed by atoms with Gasteiger partial charge in [0.15, 0.2) is 11.6 Å². The van der Waals surface area contributed by atoms with E-state index in [1.165, 1.54) is 32.7 Å². The number of anilines is 1. The van der Waals surface area contributed by atoms with Gasteiger partial charge in [0.05, 0.1) is 5.57 Å². The zero-order chi connectivity index (χ0) is 34.0. The molecule has 0 bridgehead atoms. The van der Waals surface area contributed by atoms with Gasteiger partial charge in [-0.25, -0.2) is 0 Å². The number of ketones is 2. The molecule has 7 aromatic carbocycles. The summed E-state index contributed by atoms with van der Waals surface area (Å²) in [6, 6.07) is 43.7. The number of carbonyl (C=O) groups excluding carboxylic acids is 2. The standard InChI is InChI=1S/C47H33NO2/c1-47(2)41-19-9-16-35-25-34-15-7-8-18-36(34)37(44(35)41)26-31-12-4-3-11-30(31)17-10-22-48-43-21-20-29(24-42(43)47)23-40-45(49)38-27-32-13-5-6-14-33(32)28-39(38)46(40)50/h3-28,48H,1-2H3/b22-10+,30-17-,31-26-. The quantitative estimate of drug-likeness (QED) is 0.110. The number of rotatable bonds is 1. The molecule has 0 unspecified atom stereocenters. The first-order valence-corrected chi connectivity index (χ1v) is 17.0. The van der Waals surface area contributed by atoms with E-state index in [0.717, 1.165) is 38.0 Å². The molecule has 238 valence electrons. The molecular formula is C47H33NO2. The molecule has 0 saturated carbocycles. The Balaban J connectivity index is 1.28. The lowest BCUT2D eigenvalue weighted by Gasteiger charge is -2.31. The number of Topliss-reactive ketones (excluding diaryl/α,β-unsaturated/α-hetero) is 2. The first-order chi connectivity index (χ1) is 24.4. The molecular weight excluding hydrogens is 611 g/mol. The van der Waals surface area contributed by atoms with Gasteiger partial charge in [0.2, 0.25) is 0 Å². The fourth-order valence-corrected chi connectivity index (χ4v) is 7.82. The smallest absolute Gasteiger partial charge is 0.197 e. The molecule has 7 aromatic rings. The van der Waals surface area contributed by atoms with E-state index in [0.29, 0.717) is 11.1 Å². The number of hydrogen-bond acceptors (Lipinski definition) is 3. The number of fused-ring (bicyclic) bond motifs is 6. The van der Waals surface area contributed by atoms with Crippen molar-refractivity contribution in [1.29, 1.82) is 0 Å². The van der Waals surface area contributed by atoms with E-state index in [9.17, 15) is 9.59 Å². The Labute approximate surface area is 290 Å². The summed E-state index contributed by atoms with van der Waals surface area (Å²) in [5, 5.41) is 12.5. The van der Waals surface area contributed by atoms with Crippen LogP contribution in [-0.2, 0) is 5.41 Å². The van der Waals surface area contributed by atoms with Crippen LogP contribution < -0.4 is 15.8 Å². The molecule has 0 radical (unpaired) electrons. The molecule has 0 aromatic heterocycles. The highest BCUT2D eigenvalue weighted by molar-refractivity contribution is 6.42. The summed E-state index contributed by atoms with van der Waals surface area (Å²) in [4.78, 5) is 27.4. The largest absolute Gasteiger partial charge is 0.361 e. The van der Waals surface area contributed by atoms with Crippen LogP contribution in [0.4, 0.5) is 5.69 Å². The van der Waals surface area contributed by atoms with E-state index in [1.807, 2.05) is 54.7 Å². The van der Waals surface area contributed by atoms with Crippen LogP contribution in [0.25, 0.3) is 50.5 Å². The van der Waals surface area contributed by atoms with E-state index in [4.69, 9.17) is 0 Å². The van der Waals surface area contributed by atoms with Crippen molar-refractivity contribution in [3.8, 4) is 0 Å². The van der Waals surface area contributed by atoms with Gasteiger partial charge in [-0.2, -0.15) is 0 Å². The topological polar surface area (TPSA) is 46.2 Å². The molecule has 0 amide bonds. The number of carbonyl (C=O) groups is 2. The predicted molar refractivity (Wildman–Crippen MR) is 207 cm³/mol. The van der Waals surface area contributed by atoms with Crippen LogP contribution in [0.3, 0.4) is 0 Å². The van der Waals surface area contributed by atoms with Crippen LogP contribution in [0, 0.1) is 0 Å². The molecule has 50 heavy (non-hydrogen) atoms. The second-order valence-corrected chi connectivity index (χ2v) is 13.7. The van der Waals surface area contributed by atoms with Gasteiger partial charge in [-0.3, -0.25) is 9.59 Å². The Morgan fingerprint density at radius 1 is 0.600 bits per heavy atom. The SMILES string of the molecule is CC1(C)c2cc(C=C3C(=O)c4cc5ccccc5cc4C3=O)ccc2N/C=C/C=c2/cccc/c2=C/c2c3ccccc3cc3cccc1c23. The van der Waals surface area contributed by atoms with E-state index in [2.05, 4.69) is 116 Å². The second-order valence-electron chi connectivity index (χ2n) is 13.7. The Bertz CT molecular complexity index is 2740. The average Bonchev–Trinajstić information content (AvgIpc) is 3.36. The Morgan fingerprint density at radius 2 is 1.26 bits per heavy atom. The van der Waals surface area contributed by atoms with Crippen molar-refractivity contribution in [3.05, 3.63) is 189 Å². The van der Waals surface area contributed by atoms with Gasteiger partial charge in [-0.15, -0.1) is 0 Å². The average molecular weight is 644 g/mol. The molecule has 9 rings (SSSR count). The lowest BCUT2D eigenvalue weighted by Crippen LogP contribution is -2.24. The number of nitrogens with one attached hydrogen (secondary N) is 1. The van der Waals surface area contributed by atoms with Crippen LogP contribution in [0.5, 0.6) is 0 Å². The monoisotopic (exact) mass is 643 g/mol. The lowest BCUT2D eigenvalue weighted by molar-refractivity contribution is 0.0990. The lowest BCUT2D eigenvalue weighted by atomic mass is 9.73. The maximum absolute atomic E-state index is 13.7. The summed E-state index contributed by atoms with van der Waals surface area (Å²) < 4.78 is 0. The molecule has 1 aliphatic heterocycles. The maximum Gasteiger partial charge on any atom is 0.197 e. The van der Waals surface area contributed by atoms with Gasteiger partial charge in [0.1, 0.15) is 0 Å². The summed E-state index contributed by atoms with van der Waals surface area (Å²) >= 11 is 0. The van der Waals surface area contributed by atoms with Gasteiger partial charge < -0.3 is 5.32 Å². The molecule has 3 heteroatoms. The molecule has 0 spiro atoms.